The molecule has 0 aliphatic carbocycles. The molecule has 60 heavy (non-hydrogen) atoms. The van der Waals surface area contributed by atoms with Crippen LogP contribution >= 0.6 is 0 Å². The molecule has 0 saturated carbocycles. The fourth-order valence-corrected chi connectivity index (χ4v) is 7.79. The van der Waals surface area contributed by atoms with Crippen LogP contribution < -0.4 is 0 Å². The van der Waals surface area contributed by atoms with Crippen LogP contribution in [0, 0.1) is 0 Å². The molecule has 0 saturated heterocycles. The number of hydrogen-bond acceptors (Lipinski definition) is 5. The third-order valence-electron chi connectivity index (χ3n) is 11.3. The van der Waals surface area contributed by atoms with Gasteiger partial charge in [-0.3, -0.25) is 4.57 Å². The van der Waals surface area contributed by atoms with Gasteiger partial charge in [-0.1, -0.05) is 180 Å². The highest BCUT2D eigenvalue weighted by atomic mass is 16.4. The average Bonchev–Trinajstić information content (AvgIpc) is 3.96. The molecule has 0 atom stereocenters. The summed E-state index contributed by atoms with van der Waals surface area (Å²) in [5.41, 5.74) is 13.3. The van der Waals surface area contributed by atoms with E-state index in [1.165, 1.54) is 27.8 Å². The Morgan fingerprint density at radius 2 is 0.767 bits per heavy atom. The summed E-state index contributed by atoms with van der Waals surface area (Å²) in [6.07, 6.45) is 0.896. The van der Waals surface area contributed by atoms with E-state index in [9.17, 15) is 0 Å². The van der Waals surface area contributed by atoms with Crippen LogP contribution in [0.2, 0.25) is 0 Å². The smallest absolute Gasteiger partial charge is 0.248 e. The van der Waals surface area contributed by atoms with E-state index >= 15 is 0 Å². The Morgan fingerprint density at radius 3 is 1.27 bits per heavy atom. The molecule has 2 aromatic heterocycles. The predicted molar refractivity (Wildman–Crippen MR) is 244 cm³/mol. The van der Waals surface area contributed by atoms with E-state index in [2.05, 4.69) is 195 Å². The Morgan fingerprint density at radius 1 is 0.383 bits per heavy atom. The summed E-state index contributed by atoms with van der Waals surface area (Å²) >= 11 is 0. The van der Waals surface area contributed by atoms with Gasteiger partial charge in [0, 0.05) is 27.9 Å². The first kappa shape index (κ1) is 38.3. The van der Waals surface area contributed by atoms with Gasteiger partial charge in [-0.05, 0) is 92.6 Å². The van der Waals surface area contributed by atoms with Gasteiger partial charge in [0.1, 0.15) is 0 Å². The third kappa shape index (κ3) is 7.97. The van der Waals surface area contributed by atoms with Crippen LogP contribution in [0.25, 0.3) is 73.6 Å². The van der Waals surface area contributed by atoms with Crippen LogP contribution in [0.15, 0.2) is 186 Å². The first-order valence-electron chi connectivity index (χ1n) is 20.5. The van der Waals surface area contributed by atoms with Gasteiger partial charge in [-0.15, -0.1) is 20.4 Å². The van der Waals surface area contributed by atoms with Gasteiger partial charge in [-0.25, -0.2) is 0 Å². The van der Waals surface area contributed by atoms with Crippen molar-refractivity contribution in [2.24, 2.45) is 0 Å². The number of para-hydroxylation sites is 1. The molecule has 6 nitrogen and oxygen atoms in total. The lowest BCUT2D eigenvalue weighted by atomic mass is 9.79. The maximum Gasteiger partial charge on any atom is 0.248 e. The number of aromatic nitrogens is 5. The quantitative estimate of drug-likeness (QED) is 0.138. The lowest BCUT2D eigenvalue weighted by Gasteiger charge is -2.26. The van der Waals surface area contributed by atoms with Crippen LogP contribution in [0.1, 0.15) is 51.3 Å². The standard InChI is InChI=1S/C54H47N5O/c1-53(2,3)46-32-30-45(31-33-46)52-58-57-51(60-52)44-26-22-41(23-27-44)39-18-16-37(17-19-39)36-54(4,5)47-34-28-43(29-35-47)50-56-55-49(59(50)48-14-10-7-11-15-48)42-24-20-40(21-25-42)38-12-8-6-9-13-38/h6-35H,36H2,1-5H3. The van der Waals surface area contributed by atoms with Crippen molar-refractivity contribution in [1.29, 1.82) is 0 Å². The van der Waals surface area contributed by atoms with Crippen LogP contribution in [0.4, 0.5) is 0 Å². The lowest BCUT2D eigenvalue weighted by Crippen LogP contribution is -2.20. The van der Waals surface area contributed by atoms with Gasteiger partial charge in [0.25, 0.3) is 0 Å². The lowest BCUT2D eigenvalue weighted by molar-refractivity contribution is 0.522. The number of nitrogens with zero attached hydrogens (tertiary/aromatic N) is 5. The minimum Gasteiger partial charge on any atom is -0.416 e. The highest BCUT2D eigenvalue weighted by molar-refractivity contribution is 5.72. The van der Waals surface area contributed by atoms with Gasteiger partial charge >= 0.3 is 0 Å². The van der Waals surface area contributed by atoms with Crippen molar-refractivity contribution in [2.45, 2.75) is 51.9 Å². The molecule has 0 aliphatic rings. The van der Waals surface area contributed by atoms with Crippen molar-refractivity contribution < 1.29 is 4.42 Å². The molecule has 9 aromatic rings. The van der Waals surface area contributed by atoms with Gasteiger partial charge in [0.05, 0.1) is 0 Å². The molecular formula is C54H47N5O. The summed E-state index contributed by atoms with van der Waals surface area (Å²) in [4.78, 5) is 0. The van der Waals surface area contributed by atoms with Crippen molar-refractivity contribution in [3.63, 3.8) is 0 Å². The SMILES string of the molecule is CC(C)(C)c1ccc(-c2nnc(-c3ccc(-c4ccc(CC(C)(C)c5ccc(-c6nnc(-c7ccc(-c8ccccc8)cc7)n6-c6ccccc6)cc5)cc4)cc3)o2)cc1. The summed E-state index contributed by atoms with van der Waals surface area (Å²) in [7, 11) is 0. The molecule has 0 unspecified atom stereocenters. The van der Waals surface area contributed by atoms with E-state index in [4.69, 9.17) is 14.6 Å². The van der Waals surface area contributed by atoms with E-state index in [1.54, 1.807) is 0 Å². The maximum atomic E-state index is 6.08. The van der Waals surface area contributed by atoms with Gasteiger partial charge < -0.3 is 4.42 Å². The highest BCUT2D eigenvalue weighted by Gasteiger charge is 2.23. The fourth-order valence-electron chi connectivity index (χ4n) is 7.79. The third-order valence-corrected chi connectivity index (χ3v) is 11.3. The van der Waals surface area contributed by atoms with Crippen molar-refractivity contribution in [2.75, 3.05) is 0 Å². The second-order valence-corrected chi connectivity index (χ2v) is 17.1. The van der Waals surface area contributed by atoms with Crippen molar-refractivity contribution in [1.82, 2.24) is 25.0 Å². The summed E-state index contributed by atoms with van der Waals surface area (Å²) in [6, 6.07) is 63.7. The Kier molecular flexibility index (Phi) is 10.1. The molecule has 9 rings (SSSR count). The van der Waals surface area contributed by atoms with Crippen LogP contribution in [0.5, 0.6) is 0 Å². The molecule has 2 heterocycles. The van der Waals surface area contributed by atoms with E-state index < -0.39 is 0 Å². The zero-order valence-electron chi connectivity index (χ0n) is 34.7. The molecule has 0 N–H and O–H groups in total. The first-order chi connectivity index (χ1) is 29.1. The molecule has 0 aliphatic heterocycles. The molecule has 7 aromatic carbocycles. The molecule has 0 fully saturated rings. The first-order valence-corrected chi connectivity index (χ1v) is 20.5. The summed E-state index contributed by atoms with van der Waals surface area (Å²) in [5.74, 6) is 2.64. The van der Waals surface area contributed by atoms with Crippen molar-refractivity contribution >= 4 is 0 Å². The van der Waals surface area contributed by atoms with Crippen LogP contribution in [-0.2, 0) is 17.3 Å². The monoisotopic (exact) mass is 781 g/mol. The molecule has 0 amide bonds. The Labute approximate surface area is 352 Å². The summed E-state index contributed by atoms with van der Waals surface area (Å²) in [6.45, 7) is 11.2. The fraction of sp³-hybridized carbons (Fsp3) is 0.148. The van der Waals surface area contributed by atoms with Crippen LogP contribution in [-0.4, -0.2) is 25.0 Å². The molecule has 0 radical (unpaired) electrons. The molecule has 6 heteroatoms. The highest BCUT2D eigenvalue weighted by Crippen LogP contribution is 2.34. The Balaban J connectivity index is 0.889. The van der Waals surface area contributed by atoms with Crippen molar-refractivity contribution in [3.05, 3.63) is 199 Å². The Bertz CT molecular complexity index is 2830. The zero-order valence-corrected chi connectivity index (χ0v) is 34.7. The largest absolute Gasteiger partial charge is 0.416 e. The van der Waals surface area contributed by atoms with E-state index in [0.29, 0.717) is 11.8 Å². The summed E-state index contributed by atoms with van der Waals surface area (Å²) in [5, 5.41) is 18.2. The van der Waals surface area contributed by atoms with Gasteiger partial charge in [0.15, 0.2) is 11.6 Å². The minimum atomic E-state index is -0.0992. The second kappa shape index (κ2) is 15.9. The Hall–Kier alpha value is -7.18. The number of rotatable bonds is 10. The van der Waals surface area contributed by atoms with E-state index in [1.807, 2.05) is 36.4 Å². The van der Waals surface area contributed by atoms with Crippen molar-refractivity contribution in [3.8, 4) is 73.6 Å². The predicted octanol–water partition coefficient (Wildman–Crippen LogP) is 13.5. The number of hydrogen-bond donors (Lipinski definition) is 0. The number of benzene rings is 7. The van der Waals surface area contributed by atoms with Gasteiger partial charge in [0.2, 0.25) is 11.8 Å². The summed E-state index contributed by atoms with van der Waals surface area (Å²) < 4.78 is 8.24. The zero-order chi connectivity index (χ0) is 41.3. The van der Waals surface area contributed by atoms with Gasteiger partial charge in [-0.2, -0.15) is 0 Å². The minimum absolute atomic E-state index is 0.0874. The van der Waals surface area contributed by atoms with Crippen LogP contribution in [0.3, 0.4) is 0 Å². The molecule has 294 valence electrons. The topological polar surface area (TPSA) is 69.6 Å². The molecular weight excluding hydrogens is 735 g/mol. The normalized spacial score (nSPS) is 11.8. The molecule has 0 bridgehead atoms. The maximum absolute atomic E-state index is 6.08. The molecule has 0 spiro atoms. The average molecular weight is 782 g/mol. The van der Waals surface area contributed by atoms with E-state index in [-0.39, 0.29) is 10.8 Å². The second-order valence-electron chi connectivity index (χ2n) is 17.1. The van der Waals surface area contributed by atoms with E-state index in [0.717, 1.165) is 57.1 Å².